The van der Waals surface area contributed by atoms with Crippen LogP contribution in [0, 0.1) is 40.4 Å². The van der Waals surface area contributed by atoms with Crippen molar-refractivity contribution in [1.82, 2.24) is 0 Å². The van der Waals surface area contributed by atoms with Gasteiger partial charge >= 0.3 is 58.9 Å². The summed E-state index contributed by atoms with van der Waals surface area (Å²) in [5.74, 6) is -8.52. The average Bonchev–Trinajstić information content (AvgIpc) is 3.66. The van der Waals surface area contributed by atoms with Crippen LogP contribution in [-0.2, 0) is 30.2 Å². The molecule has 0 amide bonds. The van der Waals surface area contributed by atoms with E-state index in [1.165, 1.54) is 18.2 Å². The summed E-state index contributed by atoms with van der Waals surface area (Å²) in [6, 6.07) is 18.4. The van der Waals surface area contributed by atoms with Gasteiger partial charge in [0, 0.05) is 52.7 Å². The van der Waals surface area contributed by atoms with Crippen molar-refractivity contribution in [2.24, 2.45) is 0 Å². The summed E-state index contributed by atoms with van der Waals surface area (Å²) in [6.07, 6.45) is -15.6. The van der Waals surface area contributed by atoms with E-state index in [0.717, 1.165) is 0 Å². The number of Topliss-reactive ketones (excluding diaryl/α,β-unsaturated/α-hetero) is 3. The molecule has 0 aromatic heterocycles. The molecule has 0 atom stereocenters. The summed E-state index contributed by atoms with van der Waals surface area (Å²) in [6.45, 7) is 0. The van der Waals surface area contributed by atoms with Gasteiger partial charge in [0.15, 0.2) is 17.3 Å². The molecule has 0 heterocycles. The molecule has 0 fully saturated rings. The number of ketones is 3. The van der Waals surface area contributed by atoms with Gasteiger partial charge in [-0.05, 0) is 34.0 Å². The number of carbonyl (C=O) groups is 3. The van der Waals surface area contributed by atoms with Gasteiger partial charge in [0.2, 0.25) is 0 Å². The van der Waals surface area contributed by atoms with Gasteiger partial charge in [0.05, 0.1) is 0 Å². The Morgan fingerprint density at radius 1 is 0.431 bits per heavy atom. The van der Waals surface area contributed by atoms with Crippen molar-refractivity contribution in [3.8, 4) is 0 Å². The molecule has 0 spiro atoms. The molecule has 1 radical (unpaired) electrons. The van der Waals surface area contributed by atoms with Crippen LogP contribution in [0.4, 0.5) is 39.5 Å². The van der Waals surface area contributed by atoms with E-state index >= 15 is 0 Å². The Kier molecular flexibility index (Phi) is 14.9. The van der Waals surface area contributed by atoms with Gasteiger partial charge < -0.3 is 26.3 Å². The molecule has 3 aliphatic carbocycles. The Balaban J connectivity index is 0.000000372. The molecule has 6 rings (SSSR count). The molecule has 6 N–H and O–H groups in total. The number of carbonyl (C=O) groups excluding carboxylic acids is 3. The fraction of sp³-hybridized carbons (Fsp3) is 0.182. The third-order valence-electron chi connectivity index (χ3n) is 7.30. The maximum Gasteiger partial charge on any atom is 3.00 e. The topological polar surface area (TPSA) is 186 Å². The summed E-state index contributed by atoms with van der Waals surface area (Å²) in [5, 5.41) is 32.9. The minimum Gasteiger partial charge on any atom is -0.869 e. The van der Waals surface area contributed by atoms with E-state index in [0.29, 0.717) is 16.7 Å². The first kappa shape index (κ1) is 44.9. The second-order valence-corrected chi connectivity index (χ2v) is 10.4. The van der Waals surface area contributed by atoms with Crippen LogP contribution in [0.2, 0.25) is 0 Å². The Morgan fingerprint density at radius 2 is 0.627 bits per heavy atom. The van der Waals surface area contributed by atoms with E-state index in [9.17, 15) is 69.2 Å². The average molecular weight is 870 g/mol. The molecule has 3 aromatic rings. The Labute approximate surface area is 314 Å². The molecule has 0 unspecified atom stereocenters. The van der Waals surface area contributed by atoms with Crippen LogP contribution in [0.5, 0.6) is 0 Å². The van der Waals surface area contributed by atoms with Crippen LogP contribution in [-0.4, -0.2) is 35.9 Å². The fourth-order valence-corrected chi connectivity index (χ4v) is 5.05. The minimum atomic E-state index is -4.98. The van der Waals surface area contributed by atoms with Crippen molar-refractivity contribution in [3.05, 3.63) is 140 Å². The number of alkyl halides is 9. The SMILES string of the molecule is O=C1/C(=C(\[O-])C(F)(F)F)Cc2ccccc21.O=C1/C(=C(\[O-])C(F)(F)F)Cc2ccccc21.O=C1/C(=C(\[O-])C(F)(F)F)Cc2ccccc21.[OH3+].[OH3+].[Sm+3]. The number of halogens is 9. The molecule has 51 heavy (non-hydrogen) atoms. The number of rotatable bonds is 0. The van der Waals surface area contributed by atoms with Crippen molar-refractivity contribution in [2.45, 2.75) is 37.8 Å². The van der Waals surface area contributed by atoms with Gasteiger partial charge in [-0.2, -0.15) is 39.5 Å². The smallest absolute Gasteiger partial charge is 0.869 e. The van der Waals surface area contributed by atoms with E-state index in [2.05, 4.69) is 0 Å². The van der Waals surface area contributed by atoms with Crippen molar-refractivity contribution in [3.63, 3.8) is 0 Å². The predicted molar refractivity (Wildman–Crippen MR) is 152 cm³/mol. The van der Waals surface area contributed by atoms with Crippen LogP contribution in [0.3, 0.4) is 0 Å². The molecule has 3 aromatic carbocycles. The summed E-state index contributed by atoms with van der Waals surface area (Å²) in [7, 11) is 0. The first-order valence-electron chi connectivity index (χ1n) is 13.5. The van der Waals surface area contributed by atoms with Crippen molar-refractivity contribution in [2.75, 3.05) is 0 Å². The number of fused-ring (bicyclic) bond motifs is 3. The first-order valence-corrected chi connectivity index (χ1v) is 13.5. The van der Waals surface area contributed by atoms with Gasteiger partial charge in [0.1, 0.15) is 0 Å². The van der Waals surface area contributed by atoms with Crippen LogP contribution < -0.4 is 15.3 Å². The van der Waals surface area contributed by atoms with Gasteiger partial charge in [-0.15, -0.1) is 0 Å². The van der Waals surface area contributed by atoms with Gasteiger partial charge in [0.25, 0.3) is 0 Å². The van der Waals surface area contributed by atoms with E-state index in [1.54, 1.807) is 54.6 Å². The van der Waals surface area contributed by atoms with E-state index in [-0.39, 0.29) is 87.3 Å². The quantitative estimate of drug-likeness (QED) is 0.145. The molecule has 0 saturated heterocycles. The zero-order chi connectivity index (χ0) is 35.8. The molecule has 18 heteroatoms. The summed E-state index contributed by atoms with van der Waals surface area (Å²) >= 11 is 0. The van der Waals surface area contributed by atoms with E-state index in [4.69, 9.17) is 0 Å². The number of hydrogen-bond acceptors (Lipinski definition) is 6. The summed E-state index contributed by atoms with van der Waals surface area (Å²) < 4.78 is 110. The van der Waals surface area contributed by atoms with E-state index < -0.39 is 69.9 Å². The standard InChI is InChI=1S/3C11H7F3O2.2H2O.Sm/c3*12-11(13,14)10(16)8-5-6-3-1-2-4-7(6)9(8)15;;;/h3*1-4,16H,5H2;2*1H2;/q;;;;;+3/p-1/b3*10-8-;;;. The van der Waals surface area contributed by atoms with Gasteiger partial charge in [-0.3, -0.25) is 14.4 Å². The zero-order valence-corrected chi connectivity index (χ0v) is 28.1. The van der Waals surface area contributed by atoms with Crippen LogP contribution >= 0.6 is 0 Å². The Bertz CT molecular complexity index is 1690. The fourth-order valence-electron chi connectivity index (χ4n) is 5.05. The molecule has 0 aliphatic heterocycles. The molecule has 8 nitrogen and oxygen atoms in total. The second kappa shape index (κ2) is 17.0. The zero-order valence-electron chi connectivity index (χ0n) is 25.5. The third-order valence-corrected chi connectivity index (χ3v) is 7.30. The van der Waals surface area contributed by atoms with Gasteiger partial charge in [-0.25, -0.2) is 0 Å². The third kappa shape index (κ3) is 9.83. The van der Waals surface area contributed by atoms with Crippen LogP contribution in [0.15, 0.2) is 107 Å². The monoisotopic (exact) mass is 871 g/mol. The normalized spacial score (nSPS) is 17.5. The molecule has 0 saturated carbocycles. The maximum atomic E-state index is 12.2. The largest absolute Gasteiger partial charge is 3.00 e. The molecular weight excluding hydrogens is 846 g/mol. The second-order valence-electron chi connectivity index (χ2n) is 10.4. The summed E-state index contributed by atoms with van der Waals surface area (Å²) in [5.41, 5.74) is -0.0725. The number of hydrogen-bond donors (Lipinski definition) is 0. The Hall–Kier alpha value is -4.08. The molecule has 271 valence electrons. The van der Waals surface area contributed by atoms with Crippen molar-refractivity contribution in [1.29, 1.82) is 0 Å². The van der Waals surface area contributed by atoms with E-state index in [1.807, 2.05) is 0 Å². The predicted octanol–water partition coefficient (Wildman–Crippen LogP) is 2.96. The summed E-state index contributed by atoms with van der Waals surface area (Å²) in [4.78, 5) is 34.6. The van der Waals surface area contributed by atoms with Crippen molar-refractivity contribution >= 4 is 17.3 Å². The van der Waals surface area contributed by atoms with Gasteiger partial charge in [-0.1, -0.05) is 72.8 Å². The minimum absolute atomic E-state index is 0. The van der Waals surface area contributed by atoms with Crippen molar-refractivity contribution < 1.29 is 121 Å². The molecule has 0 bridgehead atoms. The molecule has 3 aliphatic rings. The number of allylic oxidation sites excluding steroid dienone is 6. The Morgan fingerprint density at radius 3 is 0.804 bits per heavy atom. The number of benzene rings is 3. The maximum absolute atomic E-state index is 12.2. The first-order chi connectivity index (χ1) is 22.2. The van der Waals surface area contributed by atoms with Crippen LogP contribution in [0.1, 0.15) is 47.8 Å². The molecular formula is C33H24F9O8Sm+2. The van der Waals surface area contributed by atoms with Crippen LogP contribution in [0.25, 0.3) is 0 Å².